The van der Waals surface area contributed by atoms with Crippen molar-refractivity contribution in [2.75, 3.05) is 10.6 Å². The molecule has 0 unspecified atom stereocenters. The van der Waals surface area contributed by atoms with Gasteiger partial charge in [-0.25, -0.2) is 0 Å². The van der Waals surface area contributed by atoms with Gasteiger partial charge < -0.3 is 10.6 Å². The fraction of sp³-hybridized carbons (Fsp3) is 0.118. The van der Waals surface area contributed by atoms with Crippen molar-refractivity contribution < 1.29 is 0 Å². The van der Waals surface area contributed by atoms with E-state index in [9.17, 15) is 0 Å². The summed E-state index contributed by atoms with van der Waals surface area (Å²) in [6.45, 7) is 4.07. The first-order valence-electron chi connectivity index (χ1n) is 7.17. The Balaban J connectivity index is 1.81. The molecule has 3 rings (SSSR count). The minimum atomic E-state index is 0.129. The van der Waals surface area contributed by atoms with E-state index in [0.29, 0.717) is 11.9 Å². The van der Waals surface area contributed by atoms with Crippen LogP contribution in [0.3, 0.4) is 0 Å². The number of benzene rings is 2. The smallest absolute Gasteiger partial charge is 0.233 e. The highest BCUT2D eigenvalue weighted by atomic mass is 35.5. The van der Waals surface area contributed by atoms with Crippen molar-refractivity contribution in [1.29, 1.82) is 0 Å². The van der Waals surface area contributed by atoms with E-state index in [1.807, 2.05) is 62.4 Å². The molecule has 0 fully saturated rings. The predicted molar refractivity (Wildman–Crippen MR) is 93.8 cm³/mol. The molecule has 2 N–H and O–H groups in total. The van der Waals surface area contributed by atoms with Crippen LogP contribution in [0.5, 0.6) is 0 Å². The zero-order valence-corrected chi connectivity index (χ0v) is 13.6. The number of hydrogen-bond donors (Lipinski definition) is 2. The molecule has 0 atom stereocenters. The Morgan fingerprint density at radius 2 is 1.04 bits per heavy atom. The summed E-state index contributed by atoms with van der Waals surface area (Å²) in [5, 5.41) is 6.37. The number of aromatic nitrogens is 3. The first kappa shape index (κ1) is 15.2. The van der Waals surface area contributed by atoms with Gasteiger partial charge in [0.25, 0.3) is 0 Å². The van der Waals surface area contributed by atoms with Gasteiger partial charge in [-0.05, 0) is 49.7 Å². The van der Waals surface area contributed by atoms with Crippen LogP contribution in [0.15, 0.2) is 48.5 Å². The van der Waals surface area contributed by atoms with E-state index < -0.39 is 0 Å². The molecule has 0 aliphatic carbocycles. The van der Waals surface area contributed by atoms with Gasteiger partial charge in [-0.2, -0.15) is 15.0 Å². The zero-order chi connectivity index (χ0) is 16.2. The molecule has 1 aromatic heterocycles. The molecule has 23 heavy (non-hydrogen) atoms. The van der Waals surface area contributed by atoms with Crippen LogP contribution in [0.2, 0.25) is 5.28 Å². The minimum Gasteiger partial charge on any atom is -0.324 e. The monoisotopic (exact) mass is 325 g/mol. The highest BCUT2D eigenvalue weighted by molar-refractivity contribution is 6.28. The summed E-state index contributed by atoms with van der Waals surface area (Å²) in [6, 6.07) is 15.9. The lowest BCUT2D eigenvalue weighted by Crippen LogP contribution is -2.04. The molecule has 0 aliphatic heterocycles. The highest BCUT2D eigenvalue weighted by Gasteiger charge is 2.06. The lowest BCUT2D eigenvalue weighted by atomic mass is 10.2. The standard InChI is InChI=1S/C17H16ClN5/c1-11-3-7-13(8-4-11)19-16-21-15(18)22-17(23-16)20-14-9-5-12(2)6-10-14/h3-10H,1-2H3,(H2,19,20,21,22,23). The number of hydrogen-bond acceptors (Lipinski definition) is 5. The summed E-state index contributed by atoms with van der Waals surface area (Å²) in [6.07, 6.45) is 0. The molecule has 0 saturated carbocycles. The first-order chi connectivity index (χ1) is 11.1. The molecular weight excluding hydrogens is 310 g/mol. The SMILES string of the molecule is Cc1ccc(Nc2nc(Cl)nc(Nc3ccc(C)cc3)n2)cc1. The Hall–Kier alpha value is -2.66. The normalized spacial score (nSPS) is 10.4. The molecular formula is C17H16ClN5. The van der Waals surface area contributed by atoms with Gasteiger partial charge in [-0.15, -0.1) is 0 Å². The molecule has 0 amide bonds. The maximum absolute atomic E-state index is 5.99. The Labute approximate surface area is 139 Å². The average molecular weight is 326 g/mol. The van der Waals surface area contributed by atoms with E-state index in [1.165, 1.54) is 11.1 Å². The zero-order valence-electron chi connectivity index (χ0n) is 12.8. The van der Waals surface area contributed by atoms with Crippen molar-refractivity contribution >= 4 is 34.9 Å². The summed E-state index contributed by atoms with van der Waals surface area (Å²) < 4.78 is 0. The lowest BCUT2D eigenvalue weighted by molar-refractivity contribution is 1.06. The molecule has 6 heteroatoms. The second kappa shape index (κ2) is 6.62. The van der Waals surface area contributed by atoms with Crippen LogP contribution in [0, 0.1) is 13.8 Å². The van der Waals surface area contributed by atoms with Crippen molar-refractivity contribution in [3.8, 4) is 0 Å². The molecule has 0 aliphatic rings. The molecule has 5 nitrogen and oxygen atoms in total. The summed E-state index contributed by atoms with van der Waals surface area (Å²) >= 11 is 5.99. The van der Waals surface area contributed by atoms with Gasteiger partial charge in [-0.1, -0.05) is 35.4 Å². The number of rotatable bonds is 4. The van der Waals surface area contributed by atoms with Crippen molar-refractivity contribution in [3.63, 3.8) is 0 Å². The van der Waals surface area contributed by atoms with Gasteiger partial charge in [0, 0.05) is 11.4 Å². The highest BCUT2D eigenvalue weighted by Crippen LogP contribution is 2.19. The largest absolute Gasteiger partial charge is 0.324 e. The van der Waals surface area contributed by atoms with Gasteiger partial charge in [0.05, 0.1) is 0 Å². The van der Waals surface area contributed by atoms with E-state index in [0.717, 1.165) is 11.4 Å². The molecule has 0 bridgehead atoms. The van der Waals surface area contributed by atoms with Crippen molar-refractivity contribution in [3.05, 3.63) is 64.9 Å². The van der Waals surface area contributed by atoms with Crippen LogP contribution >= 0.6 is 11.6 Å². The maximum Gasteiger partial charge on any atom is 0.233 e. The van der Waals surface area contributed by atoms with Gasteiger partial charge in [-0.3, -0.25) is 0 Å². The number of aryl methyl sites for hydroxylation is 2. The molecule has 116 valence electrons. The number of halogens is 1. The second-order valence-corrected chi connectivity index (χ2v) is 5.57. The molecule has 3 aromatic rings. The molecule has 0 radical (unpaired) electrons. The number of anilines is 4. The van der Waals surface area contributed by atoms with Crippen LogP contribution < -0.4 is 10.6 Å². The Morgan fingerprint density at radius 3 is 1.43 bits per heavy atom. The van der Waals surface area contributed by atoms with E-state index in [4.69, 9.17) is 11.6 Å². The topological polar surface area (TPSA) is 62.7 Å². The van der Waals surface area contributed by atoms with Gasteiger partial charge >= 0.3 is 0 Å². The van der Waals surface area contributed by atoms with Crippen LogP contribution in [0.25, 0.3) is 0 Å². The number of nitrogens with zero attached hydrogens (tertiary/aromatic N) is 3. The minimum absolute atomic E-state index is 0.129. The van der Waals surface area contributed by atoms with Crippen LogP contribution in [-0.4, -0.2) is 15.0 Å². The van der Waals surface area contributed by atoms with Gasteiger partial charge in [0.15, 0.2) is 0 Å². The Morgan fingerprint density at radius 1 is 0.652 bits per heavy atom. The Bertz CT molecular complexity index is 734. The van der Waals surface area contributed by atoms with Crippen LogP contribution in [0.1, 0.15) is 11.1 Å². The molecule has 0 spiro atoms. The average Bonchev–Trinajstić information content (AvgIpc) is 2.51. The maximum atomic E-state index is 5.99. The lowest BCUT2D eigenvalue weighted by Gasteiger charge is -2.09. The quantitative estimate of drug-likeness (QED) is 0.732. The fourth-order valence-electron chi connectivity index (χ4n) is 1.99. The third-order valence-electron chi connectivity index (χ3n) is 3.22. The van der Waals surface area contributed by atoms with Crippen molar-refractivity contribution in [2.24, 2.45) is 0 Å². The third kappa shape index (κ3) is 4.17. The van der Waals surface area contributed by atoms with E-state index in [2.05, 4.69) is 25.6 Å². The van der Waals surface area contributed by atoms with Crippen molar-refractivity contribution in [2.45, 2.75) is 13.8 Å². The van der Waals surface area contributed by atoms with E-state index >= 15 is 0 Å². The van der Waals surface area contributed by atoms with Gasteiger partial charge in [0.2, 0.25) is 17.2 Å². The predicted octanol–water partition coefficient (Wildman–Crippen LogP) is 4.63. The van der Waals surface area contributed by atoms with E-state index in [-0.39, 0.29) is 5.28 Å². The first-order valence-corrected chi connectivity index (χ1v) is 7.55. The summed E-state index contributed by atoms with van der Waals surface area (Å²) in [5.74, 6) is 0.784. The van der Waals surface area contributed by atoms with Crippen LogP contribution in [0.4, 0.5) is 23.3 Å². The summed E-state index contributed by atoms with van der Waals surface area (Å²) in [7, 11) is 0. The summed E-state index contributed by atoms with van der Waals surface area (Å²) in [5.41, 5.74) is 4.15. The molecule has 1 heterocycles. The van der Waals surface area contributed by atoms with Crippen molar-refractivity contribution in [1.82, 2.24) is 15.0 Å². The Kier molecular flexibility index (Phi) is 4.39. The van der Waals surface area contributed by atoms with Gasteiger partial charge in [0.1, 0.15) is 0 Å². The second-order valence-electron chi connectivity index (χ2n) is 5.23. The van der Waals surface area contributed by atoms with Crippen LogP contribution in [-0.2, 0) is 0 Å². The summed E-state index contributed by atoms with van der Waals surface area (Å²) in [4.78, 5) is 12.5. The molecule has 2 aromatic carbocycles. The number of nitrogens with one attached hydrogen (secondary N) is 2. The third-order valence-corrected chi connectivity index (χ3v) is 3.39. The fourth-order valence-corrected chi connectivity index (χ4v) is 2.15. The van der Waals surface area contributed by atoms with E-state index in [1.54, 1.807) is 0 Å². The molecule has 0 saturated heterocycles.